The number of aryl methyl sites for hydroxylation is 1. The predicted molar refractivity (Wildman–Crippen MR) is 114 cm³/mol. The molecule has 0 fully saturated rings. The Bertz CT molecular complexity index is 991. The van der Waals surface area contributed by atoms with Gasteiger partial charge in [0, 0.05) is 16.7 Å². The minimum Gasteiger partial charge on any atom is -0.495 e. The van der Waals surface area contributed by atoms with E-state index < -0.39 is 0 Å². The Morgan fingerprint density at radius 2 is 2.04 bits per heavy atom. The quantitative estimate of drug-likeness (QED) is 0.503. The van der Waals surface area contributed by atoms with Crippen LogP contribution < -0.4 is 10.1 Å². The third kappa shape index (κ3) is 5.22. The average molecular weight is 437 g/mol. The van der Waals surface area contributed by atoms with Crippen molar-refractivity contribution < 1.29 is 14.1 Å². The fourth-order valence-electron chi connectivity index (χ4n) is 2.56. The van der Waals surface area contributed by atoms with Gasteiger partial charge < -0.3 is 14.6 Å². The van der Waals surface area contributed by atoms with Crippen molar-refractivity contribution in [1.29, 1.82) is 0 Å². The summed E-state index contributed by atoms with van der Waals surface area (Å²) in [5.41, 5.74) is 3.08. The number of methoxy groups -OCH3 is 1. The number of nitrogens with zero attached hydrogens (tertiary/aromatic N) is 1. The van der Waals surface area contributed by atoms with Gasteiger partial charge in [-0.2, -0.15) is 0 Å². The molecule has 0 aliphatic heterocycles. The van der Waals surface area contributed by atoms with Crippen LogP contribution in [0.15, 0.2) is 47.0 Å². The summed E-state index contributed by atoms with van der Waals surface area (Å²) in [6.07, 6.45) is 0. The largest absolute Gasteiger partial charge is 0.495 e. The van der Waals surface area contributed by atoms with Gasteiger partial charge in [-0.25, -0.2) is 0 Å². The van der Waals surface area contributed by atoms with Gasteiger partial charge in [-0.15, -0.1) is 11.8 Å². The fourth-order valence-corrected chi connectivity index (χ4v) is 3.76. The van der Waals surface area contributed by atoms with Crippen LogP contribution in [0.5, 0.6) is 5.75 Å². The molecule has 1 N–H and O–H groups in total. The van der Waals surface area contributed by atoms with E-state index in [2.05, 4.69) is 10.5 Å². The molecule has 1 aromatic heterocycles. The van der Waals surface area contributed by atoms with E-state index in [9.17, 15) is 4.79 Å². The van der Waals surface area contributed by atoms with Crippen LogP contribution in [0.3, 0.4) is 0 Å². The first kappa shape index (κ1) is 20.6. The Morgan fingerprint density at radius 3 is 2.79 bits per heavy atom. The van der Waals surface area contributed by atoms with Crippen molar-refractivity contribution in [3.05, 3.63) is 63.8 Å². The molecule has 0 atom stereocenters. The van der Waals surface area contributed by atoms with Crippen molar-refractivity contribution in [3.63, 3.8) is 0 Å². The lowest BCUT2D eigenvalue weighted by molar-refractivity contribution is -0.113. The maximum Gasteiger partial charge on any atom is 0.234 e. The van der Waals surface area contributed by atoms with Gasteiger partial charge in [-0.05, 0) is 42.8 Å². The Morgan fingerprint density at radius 1 is 1.21 bits per heavy atom. The third-order valence-electron chi connectivity index (χ3n) is 3.87. The molecule has 3 aromatic rings. The van der Waals surface area contributed by atoms with E-state index in [0.29, 0.717) is 38.7 Å². The van der Waals surface area contributed by atoms with E-state index in [1.54, 1.807) is 25.3 Å². The number of carbonyl (C=O) groups excluding carboxylic acids is 1. The van der Waals surface area contributed by atoms with Gasteiger partial charge in [0.1, 0.15) is 17.2 Å². The lowest BCUT2D eigenvalue weighted by Crippen LogP contribution is -2.15. The van der Waals surface area contributed by atoms with E-state index in [1.165, 1.54) is 11.8 Å². The highest BCUT2D eigenvalue weighted by Crippen LogP contribution is 2.31. The highest BCUT2D eigenvalue weighted by Gasteiger charge is 2.12. The van der Waals surface area contributed by atoms with Crippen molar-refractivity contribution in [1.82, 2.24) is 5.16 Å². The van der Waals surface area contributed by atoms with Gasteiger partial charge in [0.05, 0.1) is 29.3 Å². The molecule has 0 saturated heterocycles. The number of amides is 1. The molecule has 3 rings (SSSR count). The second-order valence-electron chi connectivity index (χ2n) is 6.05. The maximum absolute atomic E-state index is 12.2. The van der Waals surface area contributed by atoms with Crippen molar-refractivity contribution in [2.24, 2.45) is 0 Å². The zero-order valence-corrected chi connectivity index (χ0v) is 17.6. The maximum atomic E-state index is 12.2. The van der Waals surface area contributed by atoms with Gasteiger partial charge >= 0.3 is 0 Å². The zero-order valence-electron chi connectivity index (χ0n) is 15.3. The Kier molecular flexibility index (Phi) is 6.88. The van der Waals surface area contributed by atoms with Crippen LogP contribution in [0, 0.1) is 6.92 Å². The molecule has 0 spiro atoms. The third-order valence-corrected chi connectivity index (χ3v) is 5.38. The second kappa shape index (κ2) is 9.37. The van der Waals surface area contributed by atoms with E-state index in [4.69, 9.17) is 32.5 Å². The van der Waals surface area contributed by atoms with Crippen molar-refractivity contribution >= 4 is 46.6 Å². The molecule has 28 heavy (non-hydrogen) atoms. The van der Waals surface area contributed by atoms with Crippen LogP contribution in [-0.4, -0.2) is 23.9 Å². The van der Waals surface area contributed by atoms with E-state index in [-0.39, 0.29) is 11.7 Å². The van der Waals surface area contributed by atoms with Crippen LogP contribution in [0.25, 0.3) is 11.3 Å². The summed E-state index contributed by atoms with van der Waals surface area (Å²) < 4.78 is 10.6. The van der Waals surface area contributed by atoms with Crippen LogP contribution >= 0.6 is 35.0 Å². The Hall–Kier alpha value is -2.15. The van der Waals surface area contributed by atoms with Gasteiger partial charge in [-0.1, -0.05) is 34.4 Å². The smallest absolute Gasteiger partial charge is 0.234 e. The summed E-state index contributed by atoms with van der Waals surface area (Å²) in [5.74, 6) is 1.95. The Balaban J connectivity index is 1.55. The molecule has 0 unspecified atom stereocenters. The molecule has 1 heterocycles. The number of carbonyl (C=O) groups is 1. The second-order valence-corrected chi connectivity index (χ2v) is 7.88. The minimum atomic E-state index is -0.116. The van der Waals surface area contributed by atoms with E-state index >= 15 is 0 Å². The minimum absolute atomic E-state index is 0.116. The number of rotatable bonds is 7. The molecule has 1 amide bonds. The molecule has 0 bridgehead atoms. The molecule has 8 heteroatoms. The molecular weight excluding hydrogens is 419 g/mol. The van der Waals surface area contributed by atoms with E-state index in [0.717, 1.165) is 11.1 Å². The van der Waals surface area contributed by atoms with Crippen LogP contribution in [0.2, 0.25) is 10.0 Å². The number of ether oxygens (including phenoxy) is 1. The summed E-state index contributed by atoms with van der Waals surface area (Å²) in [6, 6.07) is 12.6. The number of thioether (sulfide) groups is 1. The molecule has 0 aliphatic carbocycles. The highest BCUT2D eigenvalue weighted by molar-refractivity contribution is 7.99. The summed E-state index contributed by atoms with van der Waals surface area (Å²) >= 11 is 13.5. The van der Waals surface area contributed by atoms with Crippen molar-refractivity contribution in [3.8, 4) is 17.0 Å². The number of aromatic nitrogens is 1. The highest BCUT2D eigenvalue weighted by atomic mass is 35.5. The predicted octanol–water partition coefficient (Wildman–Crippen LogP) is 5.84. The lowest BCUT2D eigenvalue weighted by atomic mass is 10.1. The molecule has 0 saturated carbocycles. The van der Waals surface area contributed by atoms with Crippen LogP contribution in [-0.2, 0) is 10.5 Å². The van der Waals surface area contributed by atoms with Crippen molar-refractivity contribution in [2.75, 3.05) is 18.2 Å². The monoisotopic (exact) mass is 436 g/mol. The first-order valence-electron chi connectivity index (χ1n) is 8.39. The average Bonchev–Trinajstić information content (AvgIpc) is 3.10. The van der Waals surface area contributed by atoms with Gasteiger partial charge in [0.25, 0.3) is 0 Å². The number of nitrogens with one attached hydrogen (secondary N) is 1. The van der Waals surface area contributed by atoms with Crippen molar-refractivity contribution in [2.45, 2.75) is 12.7 Å². The first-order valence-corrected chi connectivity index (χ1v) is 10.3. The molecular formula is C20H18Cl2N2O3S. The summed E-state index contributed by atoms with van der Waals surface area (Å²) in [4.78, 5) is 12.2. The normalized spacial score (nSPS) is 10.7. The van der Waals surface area contributed by atoms with Crippen LogP contribution in [0.1, 0.15) is 11.3 Å². The Labute approximate surface area is 177 Å². The number of anilines is 1. The molecule has 0 radical (unpaired) electrons. The van der Waals surface area contributed by atoms with Gasteiger partial charge in [0.2, 0.25) is 5.91 Å². The SMILES string of the molecule is COc1ccc(C)cc1NC(=O)CSCc1cc(-c2ccc(Cl)cc2Cl)no1. The first-order chi connectivity index (χ1) is 13.5. The number of hydrogen-bond acceptors (Lipinski definition) is 5. The molecule has 2 aromatic carbocycles. The topological polar surface area (TPSA) is 64.4 Å². The summed E-state index contributed by atoms with van der Waals surface area (Å²) in [6.45, 7) is 1.96. The number of halogens is 2. The fraction of sp³-hybridized carbons (Fsp3) is 0.200. The van der Waals surface area contributed by atoms with Gasteiger partial charge in [-0.3, -0.25) is 4.79 Å². The lowest BCUT2D eigenvalue weighted by Gasteiger charge is -2.10. The standard InChI is InChI=1S/C20H18Cl2N2O3S/c1-12-3-6-19(26-2)18(7-12)23-20(25)11-28-10-14-9-17(24-27-14)15-5-4-13(21)8-16(15)22/h3-9H,10-11H2,1-2H3,(H,23,25). The summed E-state index contributed by atoms with van der Waals surface area (Å²) in [5, 5.41) is 7.98. The summed E-state index contributed by atoms with van der Waals surface area (Å²) in [7, 11) is 1.57. The molecule has 146 valence electrons. The van der Waals surface area contributed by atoms with E-state index in [1.807, 2.05) is 31.2 Å². The number of benzene rings is 2. The number of hydrogen-bond donors (Lipinski definition) is 1. The molecule has 5 nitrogen and oxygen atoms in total. The molecule has 0 aliphatic rings. The van der Waals surface area contributed by atoms with Crippen LogP contribution in [0.4, 0.5) is 5.69 Å². The zero-order chi connectivity index (χ0) is 20.1. The van der Waals surface area contributed by atoms with Gasteiger partial charge in [0.15, 0.2) is 0 Å².